The van der Waals surface area contributed by atoms with Crippen molar-refractivity contribution in [1.29, 1.82) is 0 Å². The summed E-state index contributed by atoms with van der Waals surface area (Å²) in [5.74, 6) is 0.488. The van der Waals surface area contributed by atoms with Gasteiger partial charge in [-0.1, -0.05) is 31.0 Å². The molecule has 1 N–H and O–H groups in total. The molecule has 2 heterocycles. The number of thiophene rings is 1. The molecule has 1 atom stereocenters. The Kier molecular flexibility index (Phi) is 4.87. The average Bonchev–Trinajstić information content (AvgIpc) is 2.92. The van der Waals surface area contributed by atoms with Crippen molar-refractivity contribution in [2.75, 3.05) is 5.32 Å². The average molecular weight is 296 g/mol. The van der Waals surface area contributed by atoms with E-state index in [2.05, 4.69) is 28.3 Å². The summed E-state index contributed by atoms with van der Waals surface area (Å²) in [5, 5.41) is 5.50. The first-order valence-corrected chi connectivity index (χ1v) is 7.27. The van der Waals surface area contributed by atoms with Crippen molar-refractivity contribution in [2.24, 2.45) is 0 Å². The number of aromatic nitrogens is 2. The molecule has 1 unspecified atom stereocenters. The van der Waals surface area contributed by atoms with Crippen molar-refractivity contribution >= 4 is 35.0 Å². The predicted octanol–water partition coefficient (Wildman–Crippen LogP) is 3.96. The smallest absolute Gasteiger partial charge is 0.156 e. The van der Waals surface area contributed by atoms with Gasteiger partial charge in [0.25, 0.3) is 0 Å². The van der Waals surface area contributed by atoms with Crippen molar-refractivity contribution in [2.45, 2.75) is 25.8 Å². The van der Waals surface area contributed by atoms with Gasteiger partial charge in [-0.05, 0) is 17.9 Å². The van der Waals surface area contributed by atoms with Gasteiger partial charge in [0.05, 0.1) is 11.6 Å². The van der Waals surface area contributed by atoms with E-state index >= 15 is 0 Å². The first kappa shape index (κ1) is 14.0. The molecule has 0 amide bonds. The van der Waals surface area contributed by atoms with Crippen LogP contribution in [0.3, 0.4) is 0 Å². The van der Waals surface area contributed by atoms with Gasteiger partial charge in [-0.2, -0.15) is 0 Å². The van der Waals surface area contributed by atoms with Crippen molar-refractivity contribution < 1.29 is 4.79 Å². The summed E-state index contributed by atoms with van der Waals surface area (Å²) in [6.45, 7) is 2.12. The van der Waals surface area contributed by atoms with Gasteiger partial charge in [-0.15, -0.1) is 11.3 Å². The number of rotatable bonds is 6. The lowest BCUT2D eigenvalue weighted by atomic mass is 10.1. The first-order chi connectivity index (χ1) is 9.26. The van der Waals surface area contributed by atoms with Crippen LogP contribution in [0, 0.1) is 0 Å². The molecule has 0 aromatic carbocycles. The molecule has 2 rings (SSSR count). The van der Waals surface area contributed by atoms with E-state index in [1.165, 1.54) is 11.2 Å². The second-order valence-corrected chi connectivity index (χ2v) is 5.38. The topological polar surface area (TPSA) is 54.9 Å². The minimum absolute atomic E-state index is 0.134. The standard InChI is InChI=1S/C13H14ClN3OS/c1-2-4-10(11-5-3-6-19-11)17-13-9(7-18)12(14)15-8-16-13/h3,5-8,10H,2,4H2,1H3,(H,15,16,17). The molecule has 4 nitrogen and oxygen atoms in total. The van der Waals surface area contributed by atoms with E-state index in [1.807, 2.05) is 11.4 Å². The van der Waals surface area contributed by atoms with Crippen molar-refractivity contribution in [3.05, 3.63) is 39.4 Å². The van der Waals surface area contributed by atoms with Gasteiger partial charge in [-0.3, -0.25) is 4.79 Å². The zero-order chi connectivity index (χ0) is 13.7. The summed E-state index contributed by atoms with van der Waals surface area (Å²) in [4.78, 5) is 20.2. The maximum Gasteiger partial charge on any atom is 0.156 e. The summed E-state index contributed by atoms with van der Waals surface area (Å²) in [6.07, 6.45) is 4.03. The number of aldehydes is 1. The Morgan fingerprint density at radius 1 is 1.53 bits per heavy atom. The van der Waals surface area contributed by atoms with Crippen molar-refractivity contribution in [3.63, 3.8) is 0 Å². The molecule has 19 heavy (non-hydrogen) atoms. The molecule has 2 aromatic heterocycles. The van der Waals surface area contributed by atoms with E-state index in [0.29, 0.717) is 17.7 Å². The molecule has 0 saturated carbocycles. The number of nitrogens with zero attached hydrogens (tertiary/aromatic N) is 2. The quantitative estimate of drug-likeness (QED) is 0.647. The Labute approximate surface area is 120 Å². The third-order valence-electron chi connectivity index (χ3n) is 2.73. The minimum Gasteiger partial charge on any atom is -0.362 e. The van der Waals surface area contributed by atoms with Gasteiger partial charge >= 0.3 is 0 Å². The summed E-state index contributed by atoms with van der Waals surface area (Å²) >= 11 is 7.58. The van der Waals surface area contributed by atoms with E-state index in [1.54, 1.807) is 11.3 Å². The lowest BCUT2D eigenvalue weighted by Gasteiger charge is -2.18. The molecule has 100 valence electrons. The normalized spacial score (nSPS) is 12.1. The molecule has 0 radical (unpaired) electrons. The zero-order valence-corrected chi connectivity index (χ0v) is 12.0. The molecule has 0 bridgehead atoms. The SMILES string of the molecule is CCCC(Nc1ncnc(Cl)c1C=O)c1cccs1. The summed E-state index contributed by atoms with van der Waals surface area (Å²) < 4.78 is 0. The molecule has 0 saturated heterocycles. The molecule has 0 aliphatic carbocycles. The lowest BCUT2D eigenvalue weighted by Crippen LogP contribution is -2.12. The lowest BCUT2D eigenvalue weighted by molar-refractivity contribution is 0.112. The molecule has 0 fully saturated rings. The van der Waals surface area contributed by atoms with Crippen LogP contribution in [0.5, 0.6) is 0 Å². The number of carbonyl (C=O) groups is 1. The molecule has 0 aliphatic heterocycles. The number of nitrogens with one attached hydrogen (secondary N) is 1. The highest BCUT2D eigenvalue weighted by molar-refractivity contribution is 7.10. The van der Waals surface area contributed by atoms with Crippen LogP contribution in [0.4, 0.5) is 5.82 Å². The van der Waals surface area contributed by atoms with Crippen LogP contribution >= 0.6 is 22.9 Å². The van der Waals surface area contributed by atoms with Crippen molar-refractivity contribution in [3.8, 4) is 0 Å². The van der Waals surface area contributed by atoms with E-state index in [4.69, 9.17) is 11.6 Å². The fraction of sp³-hybridized carbons (Fsp3) is 0.308. The van der Waals surface area contributed by atoms with E-state index in [0.717, 1.165) is 12.8 Å². The summed E-state index contributed by atoms with van der Waals surface area (Å²) in [6, 6.07) is 4.22. The van der Waals surface area contributed by atoms with E-state index in [9.17, 15) is 4.79 Å². The maximum atomic E-state index is 11.1. The highest BCUT2D eigenvalue weighted by atomic mass is 35.5. The van der Waals surface area contributed by atoms with Crippen LogP contribution in [-0.4, -0.2) is 16.3 Å². The summed E-state index contributed by atoms with van der Waals surface area (Å²) in [7, 11) is 0. The Hall–Kier alpha value is -1.46. The predicted molar refractivity (Wildman–Crippen MR) is 78.0 cm³/mol. The molecular formula is C13H14ClN3OS. The van der Waals surface area contributed by atoms with Gasteiger partial charge in [0.1, 0.15) is 17.3 Å². The monoisotopic (exact) mass is 295 g/mol. The largest absolute Gasteiger partial charge is 0.362 e. The van der Waals surface area contributed by atoms with Gasteiger partial charge in [-0.25, -0.2) is 9.97 Å². The Morgan fingerprint density at radius 2 is 2.37 bits per heavy atom. The van der Waals surface area contributed by atoms with Gasteiger partial charge < -0.3 is 5.32 Å². The number of halogens is 1. The Bertz CT molecular complexity index is 545. The van der Waals surface area contributed by atoms with Crippen LogP contribution in [0.2, 0.25) is 5.15 Å². The molecule has 6 heteroatoms. The number of anilines is 1. The first-order valence-electron chi connectivity index (χ1n) is 6.01. The molecule has 0 spiro atoms. The third kappa shape index (κ3) is 3.30. The fourth-order valence-electron chi connectivity index (χ4n) is 1.82. The highest BCUT2D eigenvalue weighted by Crippen LogP contribution is 2.28. The number of carbonyl (C=O) groups excluding carboxylic acids is 1. The van der Waals surface area contributed by atoms with Crippen LogP contribution in [0.1, 0.15) is 41.0 Å². The van der Waals surface area contributed by atoms with E-state index < -0.39 is 0 Å². The Balaban J connectivity index is 2.27. The molecule has 0 aliphatic rings. The fourth-order valence-corrected chi connectivity index (χ4v) is 2.81. The third-order valence-corrected chi connectivity index (χ3v) is 4.02. The number of hydrogen-bond acceptors (Lipinski definition) is 5. The highest BCUT2D eigenvalue weighted by Gasteiger charge is 2.16. The Morgan fingerprint density at radius 3 is 3.00 bits per heavy atom. The minimum atomic E-state index is 0.134. The van der Waals surface area contributed by atoms with E-state index in [-0.39, 0.29) is 11.2 Å². The van der Waals surface area contributed by atoms with Crippen LogP contribution in [0.25, 0.3) is 0 Å². The van der Waals surface area contributed by atoms with Gasteiger partial charge in [0.15, 0.2) is 6.29 Å². The second kappa shape index (κ2) is 6.63. The van der Waals surface area contributed by atoms with Gasteiger partial charge in [0.2, 0.25) is 0 Å². The van der Waals surface area contributed by atoms with Crippen LogP contribution in [0.15, 0.2) is 23.8 Å². The zero-order valence-electron chi connectivity index (χ0n) is 10.5. The maximum absolute atomic E-state index is 11.1. The van der Waals surface area contributed by atoms with Gasteiger partial charge in [0, 0.05) is 4.88 Å². The van der Waals surface area contributed by atoms with Crippen molar-refractivity contribution in [1.82, 2.24) is 9.97 Å². The number of hydrogen-bond donors (Lipinski definition) is 1. The molecular weight excluding hydrogens is 282 g/mol. The van der Waals surface area contributed by atoms with Crippen LogP contribution < -0.4 is 5.32 Å². The molecule has 2 aromatic rings. The summed E-state index contributed by atoms with van der Waals surface area (Å²) in [5.41, 5.74) is 0.307. The second-order valence-electron chi connectivity index (χ2n) is 4.05. The van der Waals surface area contributed by atoms with Crippen LogP contribution in [-0.2, 0) is 0 Å².